The number of aryl methyl sites for hydroxylation is 1. The van der Waals surface area contributed by atoms with E-state index in [-0.39, 0.29) is 0 Å². The summed E-state index contributed by atoms with van der Waals surface area (Å²) in [5, 5.41) is 8.83. The van der Waals surface area contributed by atoms with E-state index < -0.39 is 0 Å². The molecule has 0 amide bonds. The average Bonchev–Trinajstić information content (AvgIpc) is 3.01. The molecule has 0 radical (unpaired) electrons. The molecule has 4 nitrogen and oxygen atoms in total. The van der Waals surface area contributed by atoms with Crippen LogP contribution in [-0.2, 0) is 6.42 Å². The number of hydrogen-bond acceptors (Lipinski definition) is 2. The first kappa shape index (κ1) is 15.8. The van der Waals surface area contributed by atoms with Crippen LogP contribution in [0, 0.1) is 0 Å². The van der Waals surface area contributed by atoms with Gasteiger partial charge < -0.3 is 0 Å². The molecule has 0 saturated heterocycles. The molecular formula is C17H28N4. The smallest absolute Gasteiger partial charge is 0.0650 e. The fourth-order valence-electron chi connectivity index (χ4n) is 2.06. The summed E-state index contributed by atoms with van der Waals surface area (Å²) in [5.74, 6) is 0.565. The minimum atomic E-state index is 0.486. The van der Waals surface area contributed by atoms with E-state index in [0.717, 1.165) is 12.5 Å². The van der Waals surface area contributed by atoms with Crippen molar-refractivity contribution < 1.29 is 0 Å². The van der Waals surface area contributed by atoms with E-state index in [0.29, 0.717) is 12.0 Å². The first-order chi connectivity index (χ1) is 10.0. The molecule has 0 N–H and O–H groups in total. The van der Waals surface area contributed by atoms with Gasteiger partial charge in [-0.3, -0.25) is 9.36 Å². The highest BCUT2D eigenvalue weighted by molar-refractivity contribution is 5.05. The molecule has 1 fully saturated rings. The Hall–Kier alpha value is -1.58. The van der Waals surface area contributed by atoms with Gasteiger partial charge in [0.25, 0.3) is 0 Å². The molecule has 0 spiro atoms. The van der Waals surface area contributed by atoms with Crippen LogP contribution in [0.3, 0.4) is 0 Å². The minimum absolute atomic E-state index is 0.486. The second kappa shape index (κ2) is 6.92. The highest BCUT2D eigenvalue weighted by Gasteiger charge is 2.24. The highest BCUT2D eigenvalue weighted by Crippen LogP contribution is 2.34. The number of hydrogen-bond donors (Lipinski definition) is 0. The first-order valence-electron chi connectivity index (χ1n) is 8.10. The van der Waals surface area contributed by atoms with Gasteiger partial charge in [-0.25, -0.2) is 0 Å². The predicted octanol–water partition coefficient (Wildman–Crippen LogP) is 4.37. The number of aromatic nitrogens is 4. The summed E-state index contributed by atoms with van der Waals surface area (Å²) in [7, 11) is 0. The molecule has 2 aromatic heterocycles. The molecule has 1 saturated carbocycles. The Kier molecular flexibility index (Phi) is 5.21. The van der Waals surface area contributed by atoms with Crippen molar-refractivity contribution in [2.45, 2.75) is 71.9 Å². The SMILES string of the molecule is CC(C)c1ccn(C2CC2)n1.CCc1ccn(C(C)C)n1. The van der Waals surface area contributed by atoms with Gasteiger partial charge >= 0.3 is 0 Å². The van der Waals surface area contributed by atoms with Crippen LogP contribution in [0.1, 0.15) is 76.8 Å². The van der Waals surface area contributed by atoms with Crippen LogP contribution < -0.4 is 0 Å². The van der Waals surface area contributed by atoms with Crippen LogP contribution in [-0.4, -0.2) is 19.6 Å². The largest absolute Gasteiger partial charge is 0.270 e. The van der Waals surface area contributed by atoms with E-state index >= 15 is 0 Å². The zero-order valence-electron chi connectivity index (χ0n) is 14.0. The molecule has 4 heteroatoms. The van der Waals surface area contributed by atoms with Gasteiger partial charge in [0.1, 0.15) is 0 Å². The predicted molar refractivity (Wildman–Crippen MR) is 86.6 cm³/mol. The van der Waals surface area contributed by atoms with Gasteiger partial charge in [-0.15, -0.1) is 0 Å². The number of rotatable bonds is 4. The minimum Gasteiger partial charge on any atom is -0.270 e. The summed E-state index contributed by atoms with van der Waals surface area (Å²) in [6, 6.07) is 5.41. The molecule has 1 aliphatic carbocycles. The van der Waals surface area contributed by atoms with Crippen LogP contribution in [0.15, 0.2) is 24.5 Å². The quantitative estimate of drug-likeness (QED) is 0.837. The average molecular weight is 288 g/mol. The van der Waals surface area contributed by atoms with Crippen LogP contribution in [0.5, 0.6) is 0 Å². The van der Waals surface area contributed by atoms with Crippen LogP contribution >= 0.6 is 0 Å². The zero-order valence-corrected chi connectivity index (χ0v) is 14.0. The van der Waals surface area contributed by atoms with Gasteiger partial charge in [-0.1, -0.05) is 20.8 Å². The Morgan fingerprint density at radius 2 is 1.81 bits per heavy atom. The third kappa shape index (κ3) is 4.45. The molecule has 2 heterocycles. The standard InChI is InChI=1S/C9H14N2.C8H14N2/c1-7(2)9-5-6-11(10-9)8-3-4-8;1-4-8-5-6-10(9-8)7(2)3/h5-8H,3-4H2,1-2H3;5-7H,4H2,1-3H3. The Bertz CT molecular complexity index is 530. The lowest BCUT2D eigenvalue weighted by molar-refractivity contribution is 0.527. The summed E-state index contributed by atoms with van der Waals surface area (Å²) < 4.78 is 4.09. The van der Waals surface area contributed by atoms with E-state index in [1.54, 1.807) is 0 Å². The second-order valence-electron chi connectivity index (χ2n) is 6.34. The molecule has 21 heavy (non-hydrogen) atoms. The normalized spacial score (nSPS) is 14.4. The third-order valence-electron chi connectivity index (χ3n) is 3.70. The van der Waals surface area contributed by atoms with Gasteiger partial charge in [-0.2, -0.15) is 10.2 Å². The maximum absolute atomic E-state index is 4.49. The van der Waals surface area contributed by atoms with Gasteiger partial charge in [0, 0.05) is 18.4 Å². The Morgan fingerprint density at radius 1 is 1.10 bits per heavy atom. The van der Waals surface area contributed by atoms with Crippen molar-refractivity contribution in [2.24, 2.45) is 0 Å². The summed E-state index contributed by atoms with van der Waals surface area (Å²) in [6.07, 6.45) is 7.80. The molecule has 3 rings (SSSR count). The molecule has 0 bridgehead atoms. The van der Waals surface area contributed by atoms with E-state index in [2.05, 4.69) is 67.8 Å². The van der Waals surface area contributed by atoms with Crippen LogP contribution in [0.2, 0.25) is 0 Å². The van der Waals surface area contributed by atoms with E-state index in [1.807, 2.05) is 10.9 Å². The molecule has 0 unspecified atom stereocenters. The molecule has 0 aliphatic heterocycles. The van der Waals surface area contributed by atoms with Gasteiger partial charge in [0.15, 0.2) is 0 Å². The van der Waals surface area contributed by atoms with Crippen molar-refractivity contribution in [1.29, 1.82) is 0 Å². The molecule has 2 aromatic rings. The van der Waals surface area contributed by atoms with E-state index in [9.17, 15) is 0 Å². The summed E-state index contributed by atoms with van der Waals surface area (Å²) in [6.45, 7) is 10.7. The fourth-order valence-corrected chi connectivity index (χ4v) is 2.06. The maximum atomic E-state index is 4.49. The Morgan fingerprint density at radius 3 is 2.19 bits per heavy atom. The van der Waals surface area contributed by atoms with Gasteiger partial charge in [-0.05, 0) is 51.2 Å². The number of nitrogens with zero attached hydrogens (tertiary/aromatic N) is 4. The molecular weight excluding hydrogens is 260 g/mol. The topological polar surface area (TPSA) is 35.6 Å². The fraction of sp³-hybridized carbons (Fsp3) is 0.647. The zero-order chi connectivity index (χ0) is 15.4. The maximum Gasteiger partial charge on any atom is 0.0650 e. The van der Waals surface area contributed by atoms with Crippen molar-refractivity contribution in [3.8, 4) is 0 Å². The lowest BCUT2D eigenvalue weighted by atomic mass is 10.1. The monoisotopic (exact) mass is 288 g/mol. The van der Waals surface area contributed by atoms with Crippen LogP contribution in [0.25, 0.3) is 0 Å². The summed E-state index contributed by atoms with van der Waals surface area (Å²) >= 11 is 0. The van der Waals surface area contributed by atoms with Crippen molar-refractivity contribution in [3.63, 3.8) is 0 Å². The first-order valence-corrected chi connectivity index (χ1v) is 8.10. The molecule has 1 aliphatic rings. The third-order valence-corrected chi connectivity index (χ3v) is 3.70. The lowest BCUT2D eigenvalue weighted by Gasteiger charge is -2.02. The molecule has 0 aromatic carbocycles. The van der Waals surface area contributed by atoms with Crippen molar-refractivity contribution >= 4 is 0 Å². The van der Waals surface area contributed by atoms with Crippen LogP contribution in [0.4, 0.5) is 0 Å². The van der Waals surface area contributed by atoms with E-state index in [4.69, 9.17) is 0 Å². The summed E-state index contributed by atoms with van der Waals surface area (Å²) in [4.78, 5) is 0. The van der Waals surface area contributed by atoms with Crippen molar-refractivity contribution in [3.05, 3.63) is 35.9 Å². The molecule has 0 atom stereocenters. The molecule has 116 valence electrons. The highest BCUT2D eigenvalue weighted by atomic mass is 15.3. The summed E-state index contributed by atoms with van der Waals surface area (Å²) in [5.41, 5.74) is 2.39. The van der Waals surface area contributed by atoms with Crippen molar-refractivity contribution in [2.75, 3.05) is 0 Å². The Labute approximate surface area is 128 Å². The lowest BCUT2D eigenvalue weighted by Crippen LogP contribution is -2.01. The van der Waals surface area contributed by atoms with E-state index in [1.165, 1.54) is 24.2 Å². The van der Waals surface area contributed by atoms with Gasteiger partial charge in [0.05, 0.1) is 17.4 Å². The van der Waals surface area contributed by atoms with Crippen molar-refractivity contribution in [1.82, 2.24) is 19.6 Å². The van der Waals surface area contributed by atoms with Gasteiger partial charge in [0.2, 0.25) is 0 Å². The second-order valence-corrected chi connectivity index (χ2v) is 6.34. The Balaban J connectivity index is 0.000000155.